The Morgan fingerprint density at radius 1 is 1.47 bits per heavy atom. The van der Waals surface area contributed by atoms with Gasteiger partial charge in [-0.3, -0.25) is 14.8 Å². The van der Waals surface area contributed by atoms with Crippen LogP contribution < -0.4 is 5.73 Å². The first-order valence-electron chi connectivity index (χ1n) is 5.99. The molecule has 1 fully saturated rings. The maximum atomic E-state index is 12.4. The summed E-state index contributed by atoms with van der Waals surface area (Å²) in [5, 5.41) is 5.75. The third kappa shape index (κ3) is 3.46. The Bertz CT molecular complexity index is 449. The van der Waals surface area contributed by atoms with Crippen LogP contribution in [0.2, 0.25) is 0 Å². The molecule has 106 valence electrons. The topological polar surface area (TPSA) is 75.0 Å². The SMILES string of the molecule is NC(=O)CN1CCC(c2cc(C(F)(F)F)n[nH]2)CC1. The number of aromatic amines is 1. The highest BCUT2D eigenvalue weighted by atomic mass is 19.4. The lowest BCUT2D eigenvalue weighted by Gasteiger charge is -2.30. The van der Waals surface area contributed by atoms with Gasteiger partial charge in [0.15, 0.2) is 5.69 Å². The van der Waals surface area contributed by atoms with Crippen LogP contribution in [0.5, 0.6) is 0 Å². The van der Waals surface area contributed by atoms with Gasteiger partial charge in [0.1, 0.15) is 0 Å². The molecule has 0 spiro atoms. The zero-order chi connectivity index (χ0) is 14.0. The first-order chi connectivity index (χ1) is 8.86. The molecule has 2 heterocycles. The van der Waals surface area contributed by atoms with E-state index in [0.717, 1.165) is 6.07 Å². The Hall–Kier alpha value is -1.57. The minimum atomic E-state index is -4.42. The average molecular weight is 276 g/mol. The number of nitrogens with zero attached hydrogens (tertiary/aromatic N) is 2. The van der Waals surface area contributed by atoms with E-state index in [9.17, 15) is 18.0 Å². The summed E-state index contributed by atoms with van der Waals surface area (Å²) in [4.78, 5) is 12.7. The second-order valence-electron chi connectivity index (χ2n) is 4.72. The van der Waals surface area contributed by atoms with Crippen molar-refractivity contribution in [2.75, 3.05) is 19.6 Å². The molecule has 2 rings (SSSR count). The molecule has 1 saturated heterocycles. The molecule has 0 saturated carbocycles. The highest BCUT2D eigenvalue weighted by molar-refractivity contribution is 5.75. The lowest BCUT2D eigenvalue weighted by molar-refractivity contribution is -0.141. The number of hydrogen-bond donors (Lipinski definition) is 2. The Labute approximate surface area is 108 Å². The third-order valence-corrected chi connectivity index (χ3v) is 3.29. The van der Waals surface area contributed by atoms with Crippen molar-refractivity contribution >= 4 is 5.91 Å². The van der Waals surface area contributed by atoms with Crippen molar-refractivity contribution < 1.29 is 18.0 Å². The monoisotopic (exact) mass is 276 g/mol. The molecule has 1 aromatic rings. The first-order valence-corrected chi connectivity index (χ1v) is 5.99. The number of alkyl halides is 3. The van der Waals surface area contributed by atoms with E-state index in [-0.39, 0.29) is 18.4 Å². The van der Waals surface area contributed by atoms with Crippen molar-refractivity contribution in [2.24, 2.45) is 5.73 Å². The number of nitrogens with one attached hydrogen (secondary N) is 1. The van der Waals surface area contributed by atoms with Crippen LogP contribution in [-0.4, -0.2) is 40.6 Å². The smallest absolute Gasteiger partial charge is 0.369 e. The fraction of sp³-hybridized carbons (Fsp3) is 0.636. The van der Waals surface area contributed by atoms with Crippen LogP contribution in [0.3, 0.4) is 0 Å². The van der Waals surface area contributed by atoms with Gasteiger partial charge in [0.2, 0.25) is 5.91 Å². The molecule has 5 nitrogen and oxygen atoms in total. The second kappa shape index (κ2) is 5.20. The third-order valence-electron chi connectivity index (χ3n) is 3.29. The number of piperidine rings is 1. The van der Waals surface area contributed by atoms with Gasteiger partial charge in [-0.15, -0.1) is 0 Å². The van der Waals surface area contributed by atoms with Crippen molar-refractivity contribution in [3.05, 3.63) is 17.5 Å². The van der Waals surface area contributed by atoms with Crippen molar-refractivity contribution in [3.8, 4) is 0 Å². The van der Waals surface area contributed by atoms with Gasteiger partial charge in [-0.1, -0.05) is 0 Å². The number of likely N-dealkylation sites (tertiary alicyclic amines) is 1. The number of primary amides is 1. The molecular formula is C11H15F3N4O. The van der Waals surface area contributed by atoms with Gasteiger partial charge in [0.05, 0.1) is 6.54 Å². The predicted molar refractivity (Wildman–Crippen MR) is 61.2 cm³/mol. The van der Waals surface area contributed by atoms with Crippen LogP contribution in [0, 0.1) is 0 Å². The molecule has 0 radical (unpaired) electrons. The van der Waals surface area contributed by atoms with Crippen molar-refractivity contribution in [3.63, 3.8) is 0 Å². The van der Waals surface area contributed by atoms with Crippen LogP contribution in [0.25, 0.3) is 0 Å². The van der Waals surface area contributed by atoms with Gasteiger partial charge < -0.3 is 5.73 Å². The highest BCUT2D eigenvalue weighted by Gasteiger charge is 2.35. The molecule has 0 bridgehead atoms. The summed E-state index contributed by atoms with van der Waals surface area (Å²) in [6.07, 6.45) is -3.04. The second-order valence-corrected chi connectivity index (χ2v) is 4.72. The van der Waals surface area contributed by atoms with E-state index in [2.05, 4.69) is 10.2 Å². The molecule has 3 N–H and O–H groups in total. The summed E-state index contributed by atoms with van der Waals surface area (Å²) in [6, 6.07) is 1.06. The van der Waals surface area contributed by atoms with Gasteiger partial charge >= 0.3 is 6.18 Å². The summed E-state index contributed by atoms with van der Waals surface area (Å²) < 4.78 is 37.3. The number of rotatable bonds is 3. The number of carbonyl (C=O) groups excluding carboxylic acids is 1. The molecule has 19 heavy (non-hydrogen) atoms. The molecule has 1 aliphatic heterocycles. The summed E-state index contributed by atoms with van der Waals surface area (Å²) in [5.41, 5.74) is 4.72. The zero-order valence-corrected chi connectivity index (χ0v) is 10.2. The van der Waals surface area contributed by atoms with E-state index in [0.29, 0.717) is 31.6 Å². The zero-order valence-electron chi connectivity index (χ0n) is 10.2. The molecular weight excluding hydrogens is 261 g/mol. The Morgan fingerprint density at radius 3 is 2.58 bits per heavy atom. The molecule has 0 aromatic carbocycles. The number of nitrogens with two attached hydrogens (primary N) is 1. The summed E-state index contributed by atoms with van der Waals surface area (Å²) in [7, 11) is 0. The van der Waals surface area contributed by atoms with Gasteiger partial charge in [-0.05, 0) is 32.0 Å². The number of carbonyl (C=O) groups is 1. The summed E-state index contributed by atoms with van der Waals surface area (Å²) in [6.45, 7) is 1.49. The molecule has 8 heteroatoms. The fourth-order valence-electron chi connectivity index (χ4n) is 2.31. The van der Waals surface area contributed by atoms with Gasteiger partial charge in [0.25, 0.3) is 0 Å². The Morgan fingerprint density at radius 2 is 2.11 bits per heavy atom. The van der Waals surface area contributed by atoms with Gasteiger partial charge in [-0.25, -0.2) is 0 Å². The van der Waals surface area contributed by atoms with E-state index in [1.165, 1.54) is 0 Å². The van der Waals surface area contributed by atoms with Crippen LogP contribution in [-0.2, 0) is 11.0 Å². The van der Waals surface area contributed by atoms with Crippen molar-refractivity contribution in [1.29, 1.82) is 0 Å². The minimum absolute atomic E-state index is 0.0210. The van der Waals surface area contributed by atoms with Crippen LogP contribution in [0.15, 0.2) is 6.07 Å². The van der Waals surface area contributed by atoms with Crippen LogP contribution >= 0.6 is 0 Å². The minimum Gasteiger partial charge on any atom is -0.369 e. The average Bonchev–Trinajstić information content (AvgIpc) is 2.78. The van der Waals surface area contributed by atoms with Crippen LogP contribution in [0.1, 0.15) is 30.1 Å². The van der Waals surface area contributed by atoms with E-state index < -0.39 is 11.9 Å². The maximum Gasteiger partial charge on any atom is 0.435 e. The predicted octanol–water partition coefficient (Wildman–Crippen LogP) is 1.09. The molecule has 1 aromatic heterocycles. The van der Waals surface area contributed by atoms with E-state index >= 15 is 0 Å². The van der Waals surface area contributed by atoms with Crippen LogP contribution in [0.4, 0.5) is 13.2 Å². The fourth-order valence-corrected chi connectivity index (χ4v) is 2.31. The standard InChI is InChI=1S/C11H15F3N4O/c12-11(13,14)9-5-8(16-17-9)7-1-3-18(4-2-7)6-10(15)19/h5,7H,1-4,6H2,(H2,15,19)(H,16,17). The number of hydrogen-bond acceptors (Lipinski definition) is 3. The maximum absolute atomic E-state index is 12.4. The summed E-state index contributed by atoms with van der Waals surface area (Å²) >= 11 is 0. The van der Waals surface area contributed by atoms with Crippen molar-refractivity contribution in [1.82, 2.24) is 15.1 Å². The largest absolute Gasteiger partial charge is 0.435 e. The van der Waals surface area contributed by atoms with E-state index in [1.54, 1.807) is 0 Å². The Balaban J connectivity index is 1.94. The summed E-state index contributed by atoms with van der Waals surface area (Å²) in [5.74, 6) is -0.368. The Kier molecular flexibility index (Phi) is 3.79. The lowest BCUT2D eigenvalue weighted by Crippen LogP contribution is -2.39. The number of aromatic nitrogens is 2. The van der Waals surface area contributed by atoms with E-state index in [1.807, 2.05) is 4.90 Å². The molecule has 0 atom stereocenters. The van der Waals surface area contributed by atoms with E-state index in [4.69, 9.17) is 5.73 Å². The molecule has 0 aliphatic carbocycles. The number of halogens is 3. The van der Waals surface area contributed by atoms with Crippen molar-refractivity contribution in [2.45, 2.75) is 24.9 Å². The number of amides is 1. The molecule has 1 aliphatic rings. The quantitative estimate of drug-likeness (QED) is 0.868. The highest BCUT2D eigenvalue weighted by Crippen LogP contribution is 2.32. The first kappa shape index (κ1) is 13.9. The lowest BCUT2D eigenvalue weighted by atomic mass is 9.93. The van der Waals surface area contributed by atoms with Gasteiger partial charge in [0, 0.05) is 11.6 Å². The number of H-pyrrole nitrogens is 1. The van der Waals surface area contributed by atoms with Gasteiger partial charge in [-0.2, -0.15) is 18.3 Å². The molecule has 1 amide bonds. The normalized spacial score (nSPS) is 18.7. The molecule has 0 unspecified atom stereocenters.